The number of hydrogen-bond acceptors (Lipinski definition) is 3. The highest BCUT2D eigenvalue weighted by Gasteiger charge is 2.22. The van der Waals surface area contributed by atoms with E-state index >= 15 is 0 Å². The molecule has 0 aromatic heterocycles. The molecule has 1 aromatic carbocycles. The molecule has 1 aromatic rings. The van der Waals surface area contributed by atoms with Crippen LogP contribution in [0.5, 0.6) is 0 Å². The van der Waals surface area contributed by atoms with E-state index in [9.17, 15) is 9.59 Å². The summed E-state index contributed by atoms with van der Waals surface area (Å²) in [6, 6.07) is 6.24. The van der Waals surface area contributed by atoms with Crippen LogP contribution in [0.25, 0.3) is 0 Å². The van der Waals surface area contributed by atoms with Gasteiger partial charge in [0, 0.05) is 32.4 Å². The van der Waals surface area contributed by atoms with Gasteiger partial charge in [-0.3, -0.25) is 4.79 Å². The zero-order valence-electron chi connectivity index (χ0n) is 11.0. The van der Waals surface area contributed by atoms with Crippen LogP contribution in [-0.4, -0.2) is 49.1 Å². The molecule has 0 aliphatic carbocycles. The summed E-state index contributed by atoms with van der Waals surface area (Å²) in [5.74, 6) is -1.32. The molecule has 1 N–H and O–H groups in total. The van der Waals surface area contributed by atoms with Crippen molar-refractivity contribution in [1.29, 1.82) is 0 Å². The van der Waals surface area contributed by atoms with Crippen molar-refractivity contribution in [3.05, 3.63) is 29.8 Å². The smallest absolute Gasteiger partial charge is 0.326 e. The Hall–Kier alpha value is -2.04. The first-order valence-corrected chi connectivity index (χ1v) is 5.62. The van der Waals surface area contributed by atoms with E-state index in [0.29, 0.717) is 5.56 Å². The molecule has 0 heterocycles. The first-order valence-electron chi connectivity index (χ1n) is 5.62. The lowest BCUT2D eigenvalue weighted by molar-refractivity contribution is -0.141. The van der Waals surface area contributed by atoms with E-state index in [1.807, 2.05) is 25.1 Å². The van der Waals surface area contributed by atoms with Gasteiger partial charge in [-0.05, 0) is 25.1 Å². The van der Waals surface area contributed by atoms with Crippen molar-refractivity contribution in [1.82, 2.24) is 4.90 Å². The van der Waals surface area contributed by atoms with E-state index < -0.39 is 12.0 Å². The van der Waals surface area contributed by atoms with Crippen LogP contribution in [0.15, 0.2) is 24.3 Å². The maximum atomic E-state index is 12.1. The number of carboxylic acids is 1. The van der Waals surface area contributed by atoms with Crippen molar-refractivity contribution in [2.24, 2.45) is 0 Å². The third-order valence-corrected chi connectivity index (χ3v) is 2.87. The van der Waals surface area contributed by atoms with Gasteiger partial charge in [0.05, 0.1) is 0 Å². The molecule has 1 atom stereocenters. The lowest BCUT2D eigenvalue weighted by atomic mass is 10.1. The highest BCUT2D eigenvalue weighted by atomic mass is 16.4. The Bertz CT molecular complexity index is 457. The lowest BCUT2D eigenvalue weighted by Gasteiger charge is -2.22. The van der Waals surface area contributed by atoms with Crippen LogP contribution < -0.4 is 4.90 Å². The Morgan fingerprint density at radius 3 is 2.33 bits per heavy atom. The van der Waals surface area contributed by atoms with Crippen molar-refractivity contribution in [3.8, 4) is 0 Å². The van der Waals surface area contributed by atoms with Gasteiger partial charge in [-0.2, -0.15) is 0 Å². The molecule has 0 aliphatic heterocycles. The molecule has 18 heavy (non-hydrogen) atoms. The van der Waals surface area contributed by atoms with E-state index in [1.54, 1.807) is 18.2 Å². The summed E-state index contributed by atoms with van der Waals surface area (Å²) in [6.45, 7) is 1.48. The number of carbonyl (C=O) groups excluding carboxylic acids is 1. The van der Waals surface area contributed by atoms with Crippen molar-refractivity contribution in [2.45, 2.75) is 13.0 Å². The number of amides is 1. The Morgan fingerprint density at radius 2 is 1.83 bits per heavy atom. The first kappa shape index (κ1) is 14.0. The Morgan fingerprint density at radius 1 is 1.22 bits per heavy atom. The summed E-state index contributed by atoms with van der Waals surface area (Å²) >= 11 is 0. The summed E-state index contributed by atoms with van der Waals surface area (Å²) in [7, 11) is 5.25. The van der Waals surface area contributed by atoms with Crippen molar-refractivity contribution in [3.63, 3.8) is 0 Å². The second-order valence-electron chi connectivity index (χ2n) is 4.38. The van der Waals surface area contributed by atoms with Crippen LogP contribution in [0.2, 0.25) is 0 Å². The number of anilines is 1. The van der Waals surface area contributed by atoms with Gasteiger partial charge >= 0.3 is 5.97 Å². The first-order chi connectivity index (χ1) is 8.34. The monoisotopic (exact) mass is 250 g/mol. The van der Waals surface area contributed by atoms with Crippen molar-refractivity contribution < 1.29 is 14.7 Å². The number of aliphatic carboxylic acids is 1. The van der Waals surface area contributed by atoms with E-state index in [4.69, 9.17) is 5.11 Å². The number of hydrogen-bond donors (Lipinski definition) is 1. The summed E-state index contributed by atoms with van der Waals surface area (Å²) < 4.78 is 0. The van der Waals surface area contributed by atoms with E-state index in [1.165, 1.54) is 18.9 Å². The second kappa shape index (κ2) is 5.53. The van der Waals surface area contributed by atoms with Crippen molar-refractivity contribution in [2.75, 3.05) is 26.0 Å². The number of carbonyl (C=O) groups is 2. The zero-order valence-corrected chi connectivity index (χ0v) is 11.0. The number of benzene rings is 1. The molecular weight excluding hydrogens is 232 g/mol. The predicted molar refractivity (Wildman–Crippen MR) is 70.0 cm³/mol. The van der Waals surface area contributed by atoms with Gasteiger partial charge in [0.2, 0.25) is 0 Å². The average molecular weight is 250 g/mol. The fourth-order valence-corrected chi connectivity index (χ4v) is 1.46. The fourth-order valence-electron chi connectivity index (χ4n) is 1.46. The van der Waals surface area contributed by atoms with Crippen LogP contribution in [0.4, 0.5) is 5.69 Å². The second-order valence-corrected chi connectivity index (χ2v) is 4.38. The molecular formula is C13H18N2O3. The maximum Gasteiger partial charge on any atom is 0.326 e. The molecule has 0 radical (unpaired) electrons. The van der Waals surface area contributed by atoms with Gasteiger partial charge in [0.1, 0.15) is 6.04 Å². The van der Waals surface area contributed by atoms with Crippen molar-refractivity contribution >= 4 is 17.6 Å². The van der Waals surface area contributed by atoms with Gasteiger partial charge in [0.25, 0.3) is 5.91 Å². The highest BCUT2D eigenvalue weighted by Crippen LogP contribution is 2.15. The van der Waals surface area contributed by atoms with Crippen LogP contribution in [0, 0.1) is 0 Å². The van der Waals surface area contributed by atoms with Gasteiger partial charge in [0.15, 0.2) is 0 Å². The van der Waals surface area contributed by atoms with E-state index in [2.05, 4.69) is 0 Å². The van der Waals surface area contributed by atoms with Crippen LogP contribution in [0.3, 0.4) is 0 Å². The number of likely N-dealkylation sites (N-methyl/N-ethyl adjacent to an activating group) is 1. The summed E-state index contributed by atoms with van der Waals surface area (Å²) in [4.78, 5) is 26.1. The SMILES string of the molecule is CC(C(=O)O)N(C)C(=O)c1cccc(N(C)C)c1. The largest absolute Gasteiger partial charge is 0.480 e. The quantitative estimate of drug-likeness (QED) is 0.875. The summed E-state index contributed by atoms with van der Waals surface area (Å²) in [5.41, 5.74) is 1.38. The normalized spacial score (nSPS) is 11.8. The molecule has 0 aliphatic rings. The third kappa shape index (κ3) is 3.00. The van der Waals surface area contributed by atoms with E-state index in [0.717, 1.165) is 5.69 Å². The zero-order chi connectivity index (χ0) is 13.9. The molecule has 1 amide bonds. The minimum Gasteiger partial charge on any atom is -0.480 e. The Kier molecular flexibility index (Phi) is 4.31. The van der Waals surface area contributed by atoms with Crippen LogP contribution in [-0.2, 0) is 4.79 Å². The minimum atomic E-state index is -1.02. The molecule has 98 valence electrons. The molecule has 1 rings (SSSR count). The van der Waals surface area contributed by atoms with Gasteiger partial charge in [-0.15, -0.1) is 0 Å². The minimum absolute atomic E-state index is 0.298. The molecule has 0 spiro atoms. The molecule has 0 fully saturated rings. The van der Waals surface area contributed by atoms with Gasteiger partial charge < -0.3 is 14.9 Å². The molecule has 0 bridgehead atoms. The number of rotatable bonds is 4. The molecule has 1 unspecified atom stereocenters. The van der Waals surface area contributed by atoms with E-state index in [-0.39, 0.29) is 5.91 Å². The number of carboxylic acid groups (broad SMARTS) is 1. The molecule has 5 heteroatoms. The van der Waals surface area contributed by atoms with Crippen LogP contribution in [0.1, 0.15) is 17.3 Å². The Balaban J connectivity index is 2.97. The maximum absolute atomic E-state index is 12.1. The summed E-state index contributed by atoms with van der Waals surface area (Å²) in [5, 5.41) is 8.89. The van der Waals surface area contributed by atoms with Gasteiger partial charge in [-0.1, -0.05) is 6.07 Å². The predicted octanol–water partition coefficient (Wildman–Crippen LogP) is 1.30. The fraction of sp³-hybridized carbons (Fsp3) is 0.385. The van der Waals surface area contributed by atoms with Crippen LogP contribution >= 0.6 is 0 Å². The average Bonchev–Trinajstić information content (AvgIpc) is 2.36. The molecule has 0 saturated heterocycles. The lowest BCUT2D eigenvalue weighted by Crippen LogP contribution is -2.40. The Labute approximate surface area is 107 Å². The highest BCUT2D eigenvalue weighted by molar-refractivity contribution is 5.97. The third-order valence-electron chi connectivity index (χ3n) is 2.87. The van der Waals surface area contributed by atoms with Gasteiger partial charge in [-0.25, -0.2) is 4.79 Å². The topological polar surface area (TPSA) is 60.9 Å². The standard InChI is InChI=1S/C13H18N2O3/c1-9(13(17)18)15(4)12(16)10-6-5-7-11(8-10)14(2)3/h5-9H,1-4H3,(H,17,18). The molecule has 0 saturated carbocycles. The molecule has 5 nitrogen and oxygen atoms in total. The number of nitrogens with zero attached hydrogens (tertiary/aromatic N) is 2. The summed E-state index contributed by atoms with van der Waals surface area (Å²) in [6.07, 6.45) is 0.